The van der Waals surface area contributed by atoms with E-state index in [4.69, 9.17) is 4.74 Å². The van der Waals surface area contributed by atoms with E-state index in [2.05, 4.69) is 42.1 Å². The minimum absolute atomic E-state index is 0.279. The largest absolute Gasteiger partial charge is 0.492 e. The Morgan fingerprint density at radius 2 is 1.81 bits per heavy atom. The number of nitrogens with one attached hydrogen (secondary N) is 1. The second-order valence-corrected chi connectivity index (χ2v) is 9.89. The number of amides is 1. The first-order chi connectivity index (χ1) is 18.1. The van der Waals surface area contributed by atoms with Crippen LogP contribution in [0.4, 0.5) is 5.13 Å². The van der Waals surface area contributed by atoms with Gasteiger partial charge in [0.25, 0.3) is 5.91 Å². The number of fused-ring (bicyclic) bond motifs is 1. The number of carbonyl (C=O) groups is 1. The van der Waals surface area contributed by atoms with E-state index < -0.39 is 0 Å². The van der Waals surface area contributed by atoms with Gasteiger partial charge in [-0.3, -0.25) is 10.1 Å². The zero-order valence-corrected chi connectivity index (χ0v) is 21.9. The molecule has 182 valence electrons. The van der Waals surface area contributed by atoms with Crippen LogP contribution in [0.2, 0.25) is 0 Å². The van der Waals surface area contributed by atoms with E-state index in [9.17, 15) is 10.1 Å². The molecule has 0 fully saturated rings. The molecule has 2 heterocycles. The number of nitriles is 1. The summed E-state index contributed by atoms with van der Waals surface area (Å²) in [6.45, 7) is 1.14. The third-order valence-electron chi connectivity index (χ3n) is 5.57. The molecule has 9 heteroatoms. The van der Waals surface area contributed by atoms with E-state index in [0.717, 1.165) is 38.0 Å². The van der Waals surface area contributed by atoms with E-state index in [1.165, 1.54) is 0 Å². The number of benzene rings is 3. The number of halogens is 1. The Labute approximate surface area is 225 Å². The molecule has 7 nitrogen and oxygen atoms in total. The number of hydrogen-bond donors (Lipinski definition) is 1. The maximum absolute atomic E-state index is 12.4. The minimum Gasteiger partial charge on any atom is -0.492 e. The normalized spacial score (nSPS) is 11.3. The average molecular weight is 570 g/mol. The van der Waals surface area contributed by atoms with Crippen molar-refractivity contribution in [3.8, 4) is 11.8 Å². The molecular weight excluding hydrogens is 550 g/mol. The molecule has 0 saturated carbocycles. The fourth-order valence-corrected chi connectivity index (χ4v) is 4.78. The van der Waals surface area contributed by atoms with Crippen LogP contribution in [0.1, 0.15) is 20.9 Å². The highest BCUT2D eigenvalue weighted by molar-refractivity contribution is 9.10. The van der Waals surface area contributed by atoms with Crippen LogP contribution in [0.3, 0.4) is 0 Å². The summed E-state index contributed by atoms with van der Waals surface area (Å²) in [6.07, 6.45) is 3.81. The standard InChI is InChI=1S/C28H20BrN5O2S/c29-22-10-12-23(13-11-22)36-15-14-34-18-21(24-8-4-5-9-25(24)34)16-20(17-30)27-32-33-28(37-27)31-26(35)19-6-2-1-3-7-19/h1-13,16,18H,14-15H2,(H,31,33,35). The van der Waals surface area contributed by atoms with Crippen LogP contribution < -0.4 is 10.1 Å². The molecule has 5 rings (SSSR count). The van der Waals surface area contributed by atoms with Crippen LogP contribution >= 0.6 is 27.3 Å². The molecule has 3 aromatic carbocycles. The molecule has 5 aromatic rings. The summed E-state index contributed by atoms with van der Waals surface area (Å²) in [5, 5.41) is 22.6. The van der Waals surface area contributed by atoms with Crippen molar-refractivity contribution in [2.75, 3.05) is 11.9 Å². The van der Waals surface area contributed by atoms with Crippen LogP contribution in [0.5, 0.6) is 5.75 Å². The third-order valence-corrected chi connectivity index (χ3v) is 6.97. The maximum Gasteiger partial charge on any atom is 0.257 e. The zero-order valence-electron chi connectivity index (χ0n) is 19.5. The number of carbonyl (C=O) groups excluding carboxylic acids is 1. The van der Waals surface area contributed by atoms with E-state index in [-0.39, 0.29) is 5.91 Å². The van der Waals surface area contributed by atoms with Crippen molar-refractivity contribution in [2.45, 2.75) is 6.54 Å². The first kappa shape index (κ1) is 24.4. The number of para-hydroxylation sites is 1. The smallest absolute Gasteiger partial charge is 0.257 e. The Hall–Kier alpha value is -4.26. The van der Waals surface area contributed by atoms with Crippen LogP contribution in [-0.4, -0.2) is 27.3 Å². The predicted octanol–water partition coefficient (Wildman–Crippen LogP) is 6.65. The van der Waals surface area contributed by atoms with Crippen LogP contribution in [-0.2, 0) is 6.54 Å². The molecule has 0 radical (unpaired) electrons. The lowest BCUT2D eigenvalue weighted by Gasteiger charge is -2.08. The first-order valence-corrected chi connectivity index (χ1v) is 13.0. The molecule has 2 aromatic heterocycles. The lowest BCUT2D eigenvalue weighted by atomic mass is 10.1. The highest BCUT2D eigenvalue weighted by atomic mass is 79.9. The van der Waals surface area contributed by atoms with Crippen LogP contribution in [0, 0.1) is 11.3 Å². The van der Waals surface area contributed by atoms with E-state index in [1.807, 2.05) is 60.8 Å². The molecule has 0 aliphatic heterocycles. The lowest BCUT2D eigenvalue weighted by molar-refractivity contribution is 0.102. The van der Waals surface area contributed by atoms with Crippen LogP contribution in [0.15, 0.2) is 89.5 Å². The summed E-state index contributed by atoms with van der Waals surface area (Å²) in [6, 6.07) is 26.8. The average Bonchev–Trinajstić information content (AvgIpc) is 3.53. The second-order valence-electron chi connectivity index (χ2n) is 8.00. The molecule has 1 amide bonds. The van der Waals surface area contributed by atoms with Crippen LogP contribution in [0.25, 0.3) is 22.6 Å². The van der Waals surface area contributed by atoms with Crippen molar-refractivity contribution in [2.24, 2.45) is 0 Å². The summed E-state index contributed by atoms with van der Waals surface area (Å²) >= 11 is 4.59. The molecule has 0 aliphatic carbocycles. The van der Waals surface area contributed by atoms with Crippen molar-refractivity contribution in [3.63, 3.8) is 0 Å². The van der Waals surface area contributed by atoms with Crippen molar-refractivity contribution >= 4 is 60.9 Å². The lowest BCUT2D eigenvalue weighted by Crippen LogP contribution is -2.11. The van der Waals surface area contributed by atoms with Crippen molar-refractivity contribution in [1.82, 2.24) is 14.8 Å². The highest BCUT2D eigenvalue weighted by Gasteiger charge is 2.14. The second kappa shape index (κ2) is 11.2. The summed E-state index contributed by atoms with van der Waals surface area (Å²) in [4.78, 5) is 12.4. The number of rotatable bonds is 8. The van der Waals surface area contributed by atoms with Gasteiger partial charge in [-0.2, -0.15) is 5.26 Å². The fraction of sp³-hybridized carbons (Fsp3) is 0.0714. The maximum atomic E-state index is 12.4. The summed E-state index contributed by atoms with van der Waals surface area (Å²) < 4.78 is 9.01. The van der Waals surface area contributed by atoms with Gasteiger partial charge in [0.2, 0.25) is 5.13 Å². The van der Waals surface area contributed by atoms with E-state index >= 15 is 0 Å². The molecule has 0 spiro atoms. The van der Waals surface area contributed by atoms with Gasteiger partial charge in [0, 0.05) is 32.7 Å². The minimum atomic E-state index is -0.279. The Kier molecular flexibility index (Phi) is 7.40. The van der Waals surface area contributed by atoms with E-state index in [1.54, 1.807) is 30.3 Å². The van der Waals surface area contributed by atoms with Crippen molar-refractivity contribution in [1.29, 1.82) is 5.26 Å². The Balaban J connectivity index is 1.35. The SMILES string of the molecule is N#CC(=Cc1cn(CCOc2ccc(Br)cc2)c2ccccc12)c1nnc(NC(=O)c2ccccc2)s1. The number of anilines is 1. The van der Waals surface area contributed by atoms with Gasteiger partial charge in [-0.05, 0) is 48.5 Å². The van der Waals surface area contributed by atoms with Gasteiger partial charge in [0.05, 0.1) is 12.1 Å². The monoisotopic (exact) mass is 569 g/mol. The molecule has 0 atom stereocenters. The molecule has 0 saturated heterocycles. The Bertz CT molecular complexity index is 1620. The number of ether oxygens (including phenoxy) is 1. The number of nitrogens with zero attached hydrogens (tertiary/aromatic N) is 4. The number of aromatic nitrogens is 3. The van der Waals surface area contributed by atoms with Gasteiger partial charge in [0.15, 0.2) is 5.01 Å². The topological polar surface area (TPSA) is 92.8 Å². The third kappa shape index (κ3) is 5.77. The quantitative estimate of drug-likeness (QED) is 0.211. The van der Waals surface area contributed by atoms with Gasteiger partial charge >= 0.3 is 0 Å². The van der Waals surface area contributed by atoms with E-state index in [0.29, 0.717) is 34.4 Å². The molecule has 37 heavy (non-hydrogen) atoms. The van der Waals surface area contributed by atoms with Gasteiger partial charge in [-0.15, -0.1) is 10.2 Å². The number of allylic oxidation sites excluding steroid dienone is 1. The molecule has 0 aliphatic rings. The fourth-order valence-electron chi connectivity index (χ4n) is 3.81. The summed E-state index contributed by atoms with van der Waals surface area (Å²) in [5.74, 6) is 0.525. The number of hydrogen-bond acceptors (Lipinski definition) is 6. The highest BCUT2D eigenvalue weighted by Crippen LogP contribution is 2.29. The Morgan fingerprint density at radius 3 is 2.59 bits per heavy atom. The van der Waals surface area contributed by atoms with Gasteiger partial charge in [-0.1, -0.05) is 63.7 Å². The van der Waals surface area contributed by atoms with Crippen molar-refractivity contribution in [3.05, 3.63) is 106 Å². The first-order valence-electron chi connectivity index (χ1n) is 11.4. The Morgan fingerprint density at radius 1 is 1.05 bits per heavy atom. The van der Waals surface area contributed by atoms with Gasteiger partial charge < -0.3 is 9.30 Å². The zero-order chi connectivity index (χ0) is 25.6. The van der Waals surface area contributed by atoms with Gasteiger partial charge in [0.1, 0.15) is 18.4 Å². The molecule has 1 N–H and O–H groups in total. The van der Waals surface area contributed by atoms with Gasteiger partial charge in [-0.25, -0.2) is 0 Å². The molecule has 0 unspecified atom stereocenters. The summed E-state index contributed by atoms with van der Waals surface area (Å²) in [5.41, 5.74) is 2.82. The van der Waals surface area contributed by atoms with Crippen molar-refractivity contribution < 1.29 is 9.53 Å². The molecule has 0 bridgehead atoms. The summed E-state index contributed by atoms with van der Waals surface area (Å²) in [7, 11) is 0. The molecular formula is C28H20BrN5O2S. The predicted molar refractivity (Wildman–Crippen MR) is 149 cm³/mol.